The van der Waals surface area contributed by atoms with Crippen LogP contribution in [0.1, 0.15) is 11.5 Å². The van der Waals surface area contributed by atoms with Crippen molar-refractivity contribution in [3.05, 3.63) is 69.2 Å². The van der Waals surface area contributed by atoms with Gasteiger partial charge in [-0.2, -0.15) is 4.31 Å². The first-order valence-electron chi connectivity index (χ1n) is 7.56. The molecule has 2 aromatic rings. The maximum atomic E-state index is 13.0. The van der Waals surface area contributed by atoms with E-state index < -0.39 is 31.6 Å². The maximum absolute atomic E-state index is 13.0. The minimum atomic E-state index is -4.14. The molecule has 2 aromatic carbocycles. The summed E-state index contributed by atoms with van der Waals surface area (Å²) in [5.74, 6) is -0.183. The molecular weight excluding hydrogens is 401 g/mol. The topological polar surface area (TPSA) is 107 Å². The predicted octanol–water partition coefficient (Wildman–Crippen LogP) is 2.79. The summed E-state index contributed by atoms with van der Waals surface area (Å²) in [4.78, 5) is 9.99. The number of halogens is 2. The molecule has 7 nitrogen and oxygen atoms in total. The second-order valence-electron chi connectivity index (χ2n) is 5.85. The second kappa shape index (κ2) is 7.89. The summed E-state index contributed by atoms with van der Waals surface area (Å²) >= 11 is 5.98. The van der Waals surface area contributed by atoms with E-state index in [1.807, 2.05) is 30.3 Å². The first-order chi connectivity index (χ1) is 11.8. The normalized spacial score (nSPS) is 20.5. The van der Waals surface area contributed by atoms with E-state index in [-0.39, 0.29) is 36.4 Å². The van der Waals surface area contributed by atoms with E-state index in [0.29, 0.717) is 0 Å². The average Bonchev–Trinajstić information content (AvgIpc) is 2.98. The zero-order valence-corrected chi connectivity index (χ0v) is 15.9. The Morgan fingerprint density at radius 2 is 1.77 bits per heavy atom. The van der Waals surface area contributed by atoms with Crippen LogP contribution in [0.2, 0.25) is 5.02 Å². The van der Waals surface area contributed by atoms with E-state index in [1.165, 1.54) is 16.4 Å². The highest BCUT2D eigenvalue weighted by molar-refractivity contribution is 7.89. The first-order valence-corrected chi connectivity index (χ1v) is 9.37. The smallest absolute Gasteiger partial charge is 0.290 e. The molecule has 0 radical (unpaired) electrons. The molecule has 26 heavy (non-hydrogen) atoms. The number of nitro groups is 1. The Morgan fingerprint density at radius 3 is 2.38 bits per heavy atom. The number of nitrogens with zero attached hydrogens (tertiary/aromatic N) is 2. The van der Waals surface area contributed by atoms with Crippen molar-refractivity contribution >= 4 is 39.7 Å². The largest absolute Gasteiger partial charge is 0.326 e. The van der Waals surface area contributed by atoms with Crippen LogP contribution < -0.4 is 5.73 Å². The summed E-state index contributed by atoms with van der Waals surface area (Å²) in [5.41, 5.74) is 6.53. The minimum Gasteiger partial charge on any atom is -0.326 e. The standard InChI is InChI=1S/C16H16ClN3O4S.ClH/c17-13-7-4-8-15(20(21)22)16(13)25(23,24)19-9-12(14(18)10-19)11-5-2-1-3-6-11;/h1-8,12,14H,9-10,18H2;1H/t12-,14+;/m0./s1. The molecule has 0 spiro atoms. The number of benzene rings is 2. The molecule has 1 aliphatic rings. The SMILES string of the molecule is Cl.N[C@@H]1CN(S(=O)(=O)c2c(Cl)cccc2[N+](=O)[O-])C[C@H]1c1ccccc1. The van der Waals surface area contributed by atoms with Crippen molar-refractivity contribution in [1.82, 2.24) is 4.31 Å². The monoisotopic (exact) mass is 417 g/mol. The van der Waals surface area contributed by atoms with E-state index in [1.54, 1.807) is 0 Å². The quantitative estimate of drug-likeness (QED) is 0.607. The molecule has 3 rings (SSSR count). The van der Waals surface area contributed by atoms with Crippen LogP contribution in [0.25, 0.3) is 0 Å². The molecule has 0 amide bonds. The third kappa shape index (κ3) is 3.70. The maximum Gasteiger partial charge on any atom is 0.290 e. The predicted molar refractivity (Wildman–Crippen MR) is 101 cm³/mol. The van der Waals surface area contributed by atoms with Gasteiger partial charge in [0.05, 0.1) is 9.95 Å². The second-order valence-corrected chi connectivity index (χ2v) is 8.13. The van der Waals surface area contributed by atoms with Crippen LogP contribution in [0.3, 0.4) is 0 Å². The summed E-state index contributed by atoms with van der Waals surface area (Å²) in [6.07, 6.45) is 0. The molecule has 0 aliphatic carbocycles. The van der Waals surface area contributed by atoms with Gasteiger partial charge in [0.1, 0.15) is 0 Å². The van der Waals surface area contributed by atoms with Gasteiger partial charge in [-0.15, -0.1) is 12.4 Å². The van der Waals surface area contributed by atoms with E-state index in [2.05, 4.69) is 0 Å². The van der Waals surface area contributed by atoms with E-state index in [0.717, 1.165) is 11.6 Å². The van der Waals surface area contributed by atoms with Gasteiger partial charge in [0, 0.05) is 31.1 Å². The molecule has 10 heteroatoms. The van der Waals surface area contributed by atoms with Gasteiger partial charge in [-0.05, 0) is 11.6 Å². The fourth-order valence-corrected chi connectivity index (χ4v) is 5.23. The molecule has 0 unspecified atom stereocenters. The Hall–Kier alpha value is -1.71. The van der Waals surface area contributed by atoms with E-state index in [9.17, 15) is 18.5 Å². The first kappa shape index (κ1) is 20.6. The van der Waals surface area contributed by atoms with Crippen molar-refractivity contribution in [1.29, 1.82) is 0 Å². The highest BCUT2D eigenvalue weighted by Gasteiger charge is 2.41. The van der Waals surface area contributed by atoms with Crippen LogP contribution in [0, 0.1) is 10.1 Å². The number of hydrogen-bond donors (Lipinski definition) is 1. The van der Waals surface area contributed by atoms with Crippen molar-refractivity contribution in [2.24, 2.45) is 5.73 Å². The summed E-state index contributed by atoms with van der Waals surface area (Å²) in [5, 5.41) is 11.0. The number of hydrogen-bond acceptors (Lipinski definition) is 5. The van der Waals surface area contributed by atoms with Gasteiger partial charge in [-0.3, -0.25) is 10.1 Å². The van der Waals surface area contributed by atoms with Gasteiger partial charge < -0.3 is 5.73 Å². The Balaban J connectivity index is 0.00000243. The number of sulfonamides is 1. The molecule has 2 N–H and O–H groups in total. The van der Waals surface area contributed by atoms with Crippen LogP contribution in [-0.4, -0.2) is 36.8 Å². The lowest BCUT2D eigenvalue weighted by atomic mass is 9.95. The number of nitrogens with two attached hydrogens (primary N) is 1. The molecule has 2 atom stereocenters. The molecule has 0 saturated carbocycles. The number of rotatable bonds is 4. The Labute approximate surface area is 162 Å². The van der Waals surface area contributed by atoms with Gasteiger partial charge >= 0.3 is 0 Å². The number of nitro benzene ring substituents is 1. The molecule has 140 valence electrons. The summed E-state index contributed by atoms with van der Waals surface area (Å²) in [6.45, 7) is 0.222. The Bertz CT molecular complexity index is 909. The van der Waals surface area contributed by atoms with Gasteiger partial charge in [-0.25, -0.2) is 8.42 Å². The van der Waals surface area contributed by atoms with Gasteiger partial charge in [-0.1, -0.05) is 48.0 Å². The lowest BCUT2D eigenvalue weighted by Gasteiger charge is -2.17. The average molecular weight is 418 g/mol. The molecule has 0 bridgehead atoms. The van der Waals surface area contributed by atoms with Gasteiger partial charge in [0.15, 0.2) is 4.90 Å². The van der Waals surface area contributed by atoms with Crippen LogP contribution >= 0.6 is 24.0 Å². The molecule has 1 fully saturated rings. The molecule has 1 aliphatic heterocycles. The summed E-state index contributed by atoms with van der Waals surface area (Å²) in [6, 6.07) is 12.8. The molecule has 0 aromatic heterocycles. The highest BCUT2D eigenvalue weighted by atomic mass is 35.5. The zero-order chi connectivity index (χ0) is 18.2. The van der Waals surface area contributed by atoms with E-state index >= 15 is 0 Å². The molecule has 1 saturated heterocycles. The molecule has 1 heterocycles. The Morgan fingerprint density at radius 1 is 1.12 bits per heavy atom. The summed E-state index contributed by atoms with van der Waals surface area (Å²) < 4.78 is 27.1. The van der Waals surface area contributed by atoms with Crippen LogP contribution in [0.15, 0.2) is 53.4 Å². The fourth-order valence-electron chi connectivity index (χ4n) is 3.07. The van der Waals surface area contributed by atoms with Crippen LogP contribution in [-0.2, 0) is 10.0 Å². The van der Waals surface area contributed by atoms with Crippen molar-refractivity contribution in [2.45, 2.75) is 16.9 Å². The van der Waals surface area contributed by atoms with E-state index in [4.69, 9.17) is 17.3 Å². The lowest BCUT2D eigenvalue weighted by molar-refractivity contribution is -0.387. The van der Waals surface area contributed by atoms with Gasteiger partial charge in [0.2, 0.25) is 0 Å². The summed E-state index contributed by atoms with van der Waals surface area (Å²) in [7, 11) is -4.14. The highest BCUT2D eigenvalue weighted by Crippen LogP contribution is 2.36. The van der Waals surface area contributed by atoms with Crippen LogP contribution in [0.4, 0.5) is 5.69 Å². The zero-order valence-electron chi connectivity index (χ0n) is 13.5. The van der Waals surface area contributed by atoms with Crippen molar-refractivity contribution in [3.8, 4) is 0 Å². The fraction of sp³-hybridized carbons (Fsp3) is 0.250. The third-order valence-corrected chi connectivity index (χ3v) is 6.65. The lowest BCUT2D eigenvalue weighted by Crippen LogP contribution is -2.32. The third-order valence-electron chi connectivity index (χ3n) is 4.30. The van der Waals surface area contributed by atoms with Gasteiger partial charge in [0.25, 0.3) is 15.7 Å². The molecular formula is C16H17Cl2N3O4S. The van der Waals surface area contributed by atoms with Crippen molar-refractivity contribution in [3.63, 3.8) is 0 Å². The Kier molecular flexibility index (Phi) is 6.25. The van der Waals surface area contributed by atoms with Crippen molar-refractivity contribution < 1.29 is 13.3 Å². The van der Waals surface area contributed by atoms with Crippen LogP contribution in [0.5, 0.6) is 0 Å². The van der Waals surface area contributed by atoms with Crippen molar-refractivity contribution in [2.75, 3.05) is 13.1 Å². The minimum absolute atomic E-state index is 0.